The molecule has 26 heavy (non-hydrogen) atoms. The van der Waals surface area contributed by atoms with Crippen molar-refractivity contribution in [2.45, 2.75) is 39.8 Å². The maximum Gasteiger partial charge on any atom is 0.342 e. The number of nitrogens with zero attached hydrogens (tertiary/aromatic N) is 5. The first-order valence-corrected chi connectivity index (χ1v) is 8.91. The van der Waals surface area contributed by atoms with Crippen molar-refractivity contribution in [3.05, 3.63) is 35.6 Å². The number of aromatic nitrogens is 3. The average molecular weight is 359 g/mol. The van der Waals surface area contributed by atoms with E-state index in [1.165, 1.54) is 0 Å². The second-order valence-electron chi connectivity index (χ2n) is 6.71. The summed E-state index contributed by atoms with van der Waals surface area (Å²) in [5.41, 5.74) is 0.509. The van der Waals surface area contributed by atoms with E-state index in [0.717, 1.165) is 26.2 Å². The Labute approximate surface area is 153 Å². The van der Waals surface area contributed by atoms with E-state index in [1.807, 2.05) is 20.8 Å². The predicted molar refractivity (Wildman–Crippen MR) is 96.0 cm³/mol. The number of ether oxygens (including phenoxy) is 1. The third-order valence-electron chi connectivity index (χ3n) is 4.41. The summed E-state index contributed by atoms with van der Waals surface area (Å²) in [6.07, 6.45) is 1.55. The maximum atomic E-state index is 12.4. The number of piperazine rings is 1. The van der Waals surface area contributed by atoms with E-state index in [2.05, 4.69) is 31.8 Å². The van der Waals surface area contributed by atoms with Crippen molar-refractivity contribution in [2.24, 2.45) is 0 Å². The fraction of sp³-hybridized carbons (Fsp3) is 0.556. The number of aryl methyl sites for hydroxylation is 1. The molecule has 1 fully saturated rings. The van der Waals surface area contributed by atoms with E-state index in [1.54, 1.807) is 18.3 Å². The first-order chi connectivity index (χ1) is 12.5. The van der Waals surface area contributed by atoms with Crippen molar-refractivity contribution in [3.8, 4) is 0 Å². The summed E-state index contributed by atoms with van der Waals surface area (Å²) in [4.78, 5) is 25.5. The first kappa shape index (κ1) is 18.3. The van der Waals surface area contributed by atoms with Crippen LogP contribution in [-0.2, 0) is 4.74 Å². The van der Waals surface area contributed by atoms with E-state index >= 15 is 0 Å². The molecule has 1 aliphatic rings. The van der Waals surface area contributed by atoms with Crippen LogP contribution >= 0.6 is 0 Å². The average Bonchev–Trinajstić information content (AvgIpc) is 3.07. The molecule has 0 spiro atoms. The van der Waals surface area contributed by atoms with Gasteiger partial charge in [0.05, 0.1) is 12.1 Å². The van der Waals surface area contributed by atoms with Crippen LogP contribution in [0.4, 0.5) is 5.82 Å². The summed E-state index contributed by atoms with van der Waals surface area (Å²) < 4.78 is 10.6. The molecule has 0 aliphatic carbocycles. The minimum absolute atomic E-state index is 0.0625. The minimum Gasteiger partial charge on any atom is -0.459 e. The molecule has 0 bridgehead atoms. The Kier molecular flexibility index (Phi) is 5.51. The number of carbonyl (C=O) groups excluding carboxylic acids is 1. The van der Waals surface area contributed by atoms with Crippen LogP contribution in [0.1, 0.15) is 48.9 Å². The van der Waals surface area contributed by atoms with Gasteiger partial charge in [-0.1, -0.05) is 5.16 Å². The van der Waals surface area contributed by atoms with Gasteiger partial charge in [0, 0.05) is 32.4 Å². The molecule has 0 saturated carbocycles. The highest BCUT2D eigenvalue weighted by atomic mass is 16.5. The molecule has 0 aromatic carbocycles. The number of hydrogen-bond donors (Lipinski definition) is 0. The Hall–Kier alpha value is -2.48. The Bertz CT molecular complexity index is 753. The summed E-state index contributed by atoms with van der Waals surface area (Å²) in [5.74, 6) is 1.63. The smallest absolute Gasteiger partial charge is 0.342 e. The van der Waals surface area contributed by atoms with Crippen LogP contribution in [0.5, 0.6) is 0 Å². The molecule has 2 aromatic rings. The zero-order chi connectivity index (χ0) is 18.7. The van der Waals surface area contributed by atoms with Gasteiger partial charge in [-0.05, 0) is 39.8 Å². The first-order valence-electron chi connectivity index (χ1n) is 8.91. The summed E-state index contributed by atoms with van der Waals surface area (Å²) >= 11 is 0. The molecule has 140 valence electrons. The van der Waals surface area contributed by atoms with Gasteiger partial charge in [0.25, 0.3) is 0 Å². The molecule has 1 atom stereocenters. The van der Waals surface area contributed by atoms with Gasteiger partial charge in [-0.15, -0.1) is 0 Å². The monoisotopic (exact) mass is 359 g/mol. The van der Waals surface area contributed by atoms with Crippen LogP contribution in [-0.4, -0.2) is 58.3 Å². The maximum absolute atomic E-state index is 12.4. The number of esters is 1. The lowest BCUT2D eigenvalue weighted by molar-refractivity contribution is 0.0378. The zero-order valence-electron chi connectivity index (χ0n) is 15.7. The van der Waals surface area contributed by atoms with Crippen LogP contribution in [0.2, 0.25) is 0 Å². The Balaban J connectivity index is 1.68. The quantitative estimate of drug-likeness (QED) is 0.752. The fourth-order valence-corrected chi connectivity index (χ4v) is 3.05. The second kappa shape index (κ2) is 7.82. The van der Waals surface area contributed by atoms with E-state index in [4.69, 9.17) is 9.26 Å². The van der Waals surface area contributed by atoms with Crippen molar-refractivity contribution >= 4 is 11.8 Å². The normalized spacial score (nSPS) is 16.7. The molecule has 3 heterocycles. The molecule has 0 radical (unpaired) electrons. The standard InChI is InChI=1S/C18H25N5O3/c1-12(2)25-18(24)15-6-5-7-19-16(15)23-10-8-22(9-11-23)13(3)17-20-14(4)21-26-17/h5-7,12-13H,8-11H2,1-4H3. The lowest BCUT2D eigenvalue weighted by Gasteiger charge is -2.37. The van der Waals surface area contributed by atoms with E-state index in [9.17, 15) is 4.79 Å². The van der Waals surface area contributed by atoms with Crippen molar-refractivity contribution in [3.63, 3.8) is 0 Å². The molecule has 1 unspecified atom stereocenters. The Morgan fingerprint density at radius 1 is 1.23 bits per heavy atom. The van der Waals surface area contributed by atoms with E-state index < -0.39 is 0 Å². The lowest BCUT2D eigenvalue weighted by Crippen LogP contribution is -2.48. The molecule has 2 aromatic heterocycles. The molecule has 0 amide bonds. The van der Waals surface area contributed by atoms with Crippen molar-refractivity contribution in [1.82, 2.24) is 20.0 Å². The van der Waals surface area contributed by atoms with Gasteiger partial charge in [0.15, 0.2) is 5.82 Å². The molecule has 1 saturated heterocycles. The van der Waals surface area contributed by atoms with Gasteiger partial charge in [-0.2, -0.15) is 4.98 Å². The molecule has 0 N–H and O–H groups in total. The summed E-state index contributed by atoms with van der Waals surface area (Å²) in [7, 11) is 0. The fourth-order valence-electron chi connectivity index (χ4n) is 3.05. The van der Waals surface area contributed by atoms with Gasteiger partial charge in [0.1, 0.15) is 11.4 Å². The second-order valence-corrected chi connectivity index (χ2v) is 6.71. The van der Waals surface area contributed by atoms with Crippen molar-refractivity contribution < 1.29 is 14.1 Å². The number of rotatable bonds is 5. The van der Waals surface area contributed by atoms with Gasteiger partial charge >= 0.3 is 5.97 Å². The number of hydrogen-bond acceptors (Lipinski definition) is 8. The molecule has 8 nitrogen and oxygen atoms in total. The third kappa shape index (κ3) is 4.01. The Morgan fingerprint density at radius 3 is 2.58 bits per heavy atom. The summed E-state index contributed by atoms with van der Waals surface area (Å²) in [6.45, 7) is 10.7. The highest BCUT2D eigenvalue weighted by Gasteiger charge is 2.28. The molecule has 8 heteroatoms. The van der Waals surface area contributed by atoms with Crippen molar-refractivity contribution in [1.29, 1.82) is 0 Å². The number of pyridine rings is 1. The Morgan fingerprint density at radius 2 is 1.96 bits per heavy atom. The SMILES string of the molecule is Cc1noc(C(C)N2CCN(c3ncccc3C(=O)OC(C)C)CC2)n1. The zero-order valence-corrected chi connectivity index (χ0v) is 15.7. The number of carbonyl (C=O) groups is 1. The topological polar surface area (TPSA) is 84.6 Å². The molecular formula is C18H25N5O3. The summed E-state index contributed by atoms with van der Waals surface area (Å²) in [5, 5.41) is 3.87. The van der Waals surface area contributed by atoms with Gasteiger partial charge in [-0.3, -0.25) is 4.90 Å². The molecule has 1 aliphatic heterocycles. The van der Waals surface area contributed by atoms with Crippen LogP contribution in [0.3, 0.4) is 0 Å². The van der Waals surface area contributed by atoms with Gasteiger partial charge in [-0.25, -0.2) is 9.78 Å². The molecular weight excluding hydrogens is 334 g/mol. The van der Waals surface area contributed by atoms with Crippen molar-refractivity contribution in [2.75, 3.05) is 31.1 Å². The van der Waals surface area contributed by atoms with Crippen LogP contribution in [0.25, 0.3) is 0 Å². The van der Waals surface area contributed by atoms with Crippen LogP contribution in [0.15, 0.2) is 22.9 Å². The third-order valence-corrected chi connectivity index (χ3v) is 4.41. The largest absolute Gasteiger partial charge is 0.459 e. The summed E-state index contributed by atoms with van der Waals surface area (Å²) in [6, 6.07) is 3.59. The molecule has 3 rings (SSSR count). The van der Waals surface area contributed by atoms with Crippen LogP contribution in [0, 0.1) is 6.92 Å². The highest BCUT2D eigenvalue weighted by molar-refractivity contribution is 5.94. The van der Waals surface area contributed by atoms with Gasteiger partial charge in [0.2, 0.25) is 5.89 Å². The predicted octanol–water partition coefficient (Wildman–Crippen LogP) is 2.22. The van der Waals surface area contributed by atoms with Gasteiger partial charge < -0.3 is 14.2 Å². The van der Waals surface area contributed by atoms with Crippen LogP contribution < -0.4 is 4.90 Å². The number of anilines is 1. The highest BCUT2D eigenvalue weighted by Crippen LogP contribution is 2.24. The van der Waals surface area contributed by atoms with E-state index in [-0.39, 0.29) is 18.1 Å². The van der Waals surface area contributed by atoms with E-state index in [0.29, 0.717) is 23.1 Å². The minimum atomic E-state index is -0.333. The lowest BCUT2D eigenvalue weighted by atomic mass is 10.2.